The summed E-state index contributed by atoms with van der Waals surface area (Å²) in [5, 5.41) is 3.49. The van der Waals surface area contributed by atoms with E-state index in [1.54, 1.807) is 54.6 Å². The minimum Gasteiger partial charge on any atom is -0.457 e. The van der Waals surface area contributed by atoms with Crippen molar-refractivity contribution < 1.29 is 14.0 Å². The van der Waals surface area contributed by atoms with Gasteiger partial charge < -0.3 is 4.42 Å². The lowest BCUT2D eigenvalue weighted by Gasteiger charge is -2.29. The van der Waals surface area contributed by atoms with E-state index in [1.165, 1.54) is 11.0 Å². The molecule has 0 aliphatic carbocycles. The Morgan fingerprint density at radius 2 is 1.67 bits per heavy atom. The van der Waals surface area contributed by atoms with E-state index in [0.717, 1.165) is 0 Å². The molecular formula is C21H11Cl3N2O3S. The van der Waals surface area contributed by atoms with Crippen LogP contribution in [-0.2, 0) is 9.59 Å². The first-order valence-corrected chi connectivity index (χ1v) is 10.1. The zero-order valence-electron chi connectivity index (χ0n) is 15.0. The lowest BCUT2D eigenvalue weighted by atomic mass is 10.1. The Balaban J connectivity index is 1.71. The fourth-order valence-electron chi connectivity index (χ4n) is 2.92. The van der Waals surface area contributed by atoms with Crippen molar-refractivity contribution in [2.24, 2.45) is 0 Å². The molecule has 1 aromatic heterocycles. The van der Waals surface area contributed by atoms with Gasteiger partial charge in [0, 0.05) is 5.56 Å². The summed E-state index contributed by atoms with van der Waals surface area (Å²) in [7, 11) is 0. The molecule has 1 fully saturated rings. The van der Waals surface area contributed by atoms with Crippen LogP contribution in [0.1, 0.15) is 5.76 Å². The number of para-hydroxylation sites is 1. The Morgan fingerprint density at radius 1 is 0.933 bits per heavy atom. The minimum atomic E-state index is -0.632. The number of rotatable bonds is 3. The molecule has 1 aliphatic rings. The van der Waals surface area contributed by atoms with Gasteiger partial charge in [0.05, 0.1) is 20.8 Å². The molecule has 1 saturated heterocycles. The molecule has 2 amide bonds. The van der Waals surface area contributed by atoms with Gasteiger partial charge in [-0.15, -0.1) is 0 Å². The molecule has 3 aromatic rings. The van der Waals surface area contributed by atoms with Crippen LogP contribution in [0.2, 0.25) is 15.1 Å². The SMILES string of the molecule is O=C1NC(=S)N(c2ccccc2Cl)C(=O)/C1=C\c1ccc(-c2cccc(Cl)c2Cl)o1. The number of halogens is 3. The number of nitrogens with one attached hydrogen (secondary N) is 1. The Morgan fingerprint density at radius 3 is 2.43 bits per heavy atom. The lowest BCUT2D eigenvalue weighted by Crippen LogP contribution is -2.54. The van der Waals surface area contributed by atoms with Crippen LogP contribution in [0.15, 0.2) is 64.6 Å². The Hall–Kier alpha value is -2.64. The summed E-state index contributed by atoms with van der Waals surface area (Å²) >= 11 is 23.7. The topological polar surface area (TPSA) is 62.6 Å². The van der Waals surface area contributed by atoms with E-state index in [1.807, 2.05) is 0 Å². The average Bonchev–Trinajstić information content (AvgIpc) is 3.17. The summed E-state index contributed by atoms with van der Waals surface area (Å²) in [5.41, 5.74) is 0.805. The van der Waals surface area contributed by atoms with E-state index in [2.05, 4.69) is 5.32 Å². The van der Waals surface area contributed by atoms with Crippen LogP contribution in [-0.4, -0.2) is 16.9 Å². The summed E-state index contributed by atoms with van der Waals surface area (Å²) in [5.74, 6) is -0.523. The molecule has 0 spiro atoms. The number of benzene rings is 2. The van der Waals surface area contributed by atoms with Gasteiger partial charge in [0.15, 0.2) is 5.11 Å². The first kappa shape index (κ1) is 20.6. The molecule has 2 heterocycles. The van der Waals surface area contributed by atoms with Gasteiger partial charge in [-0.05, 0) is 54.7 Å². The maximum atomic E-state index is 13.0. The number of hydrogen-bond acceptors (Lipinski definition) is 4. The van der Waals surface area contributed by atoms with Crippen LogP contribution < -0.4 is 10.2 Å². The molecule has 1 N–H and O–H groups in total. The van der Waals surface area contributed by atoms with Gasteiger partial charge in [-0.1, -0.05) is 53.0 Å². The summed E-state index contributed by atoms with van der Waals surface area (Å²) in [6.45, 7) is 0. The second-order valence-corrected chi connectivity index (χ2v) is 7.79. The smallest absolute Gasteiger partial charge is 0.270 e. The average molecular weight is 478 g/mol. The van der Waals surface area contributed by atoms with Gasteiger partial charge in [-0.25, -0.2) is 0 Å². The van der Waals surface area contributed by atoms with E-state index < -0.39 is 11.8 Å². The molecule has 1 aliphatic heterocycles. The molecule has 0 unspecified atom stereocenters. The predicted molar refractivity (Wildman–Crippen MR) is 122 cm³/mol. The first-order valence-electron chi connectivity index (χ1n) is 8.57. The minimum absolute atomic E-state index is 0.0545. The highest BCUT2D eigenvalue weighted by atomic mass is 35.5. The number of thiocarbonyl (C=S) groups is 1. The van der Waals surface area contributed by atoms with Crippen LogP contribution in [0.25, 0.3) is 17.4 Å². The van der Waals surface area contributed by atoms with Gasteiger partial charge in [0.2, 0.25) is 0 Å². The molecule has 9 heteroatoms. The quantitative estimate of drug-likeness (QED) is 0.297. The summed E-state index contributed by atoms with van der Waals surface area (Å²) < 4.78 is 5.77. The molecule has 30 heavy (non-hydrogen) atoms. The van der Waals surface area contributed by atoms with Crippen LogP contribution in [0.4, 0.5) is 5.69 Å². The second kappa shape index (κ2) is 8.24. The van der Waals surface area contributed by atoms with Crippen LogP contribution in [0.5, 0.6) is 0 Å². The van der Waals surface area contributed by atoms with E-state index >= 15 is 0 Å². The van der Waals surface area contributed by atoms with Crippen LogP contribution in [0.3, 0.4) is 0 Å². The van der Waals surface area contributed by atoms with Gasteiger partial charge in [0.25, 0.3) is 11.8 Å². The molecule has 0 saturated carbocycles. The van der Waals surface area contributed by atoms with Crippen molar-refractivity contribution in [2.75, 3.05) is 4.90 Å². The summed E-state index contributed by atoms with van der Waals surface area (Å²) in [6, 6.07) is 15.1. The number of carbonyl (C=O) groups is 2. The van der Waals surface area contributed by atoms with Crippen molar-refractivity contribution in [1.82, 2.24) is 5.32 Å². The second-order valence-electron chi connectivity index (χ2n) is 6.21. The Kier molecular flexibility index (Phi) is 5.66. The van der Waals surface area contributed by atoms with E-state index in [4.69, 9.17) is 51.4 Å². The third-order valence-corrected chi connectivity index (χ3v) is 5.75. The van der Waals surface area contributed by atoms with E-state index in [-0.39, 0.29) is 16.4 Å². The highest BCUT2D eigenvalue weighted by Crippen LogP contribution is 2.35. The van der Waals surface area contributed by atoms with Crippen molar-refractivity contribution >= 4 is 75.7 Å². The third-order valence-electron chi connectivity index (χ3n) is 4.33. The van der Waals surface area contributed by atoms with Gasteiger partial charge in [-0.3, -0.25) is 19.8 Å². The summed E-state index contributed by atoms with van der Waals surface area (Å²) in [6.07, 6.45) is 1.34. The molecule has 0 atom stereocenters. The number of nitrogens with zero attached hydrogens (tertiary/aromatic N) is 1. The van der Waals surface area contributed by atoms with Gasteiger partial charge >= 0.3 is 0 Å². The van der Waals surface area contributed by atoms with Crippen molar-refractivity contribution in [2.45, 2.75) is 0 Å². The maximum absolute atomic E-state index is 13.0. The van der Waals surface area contributed by atoms with E-state index in [9.17, 15) is 9.59 Å². The predicted octanol–water partition coefficient (Wildman–Crippen LogP) is 5.74. The molecule has 0 radical (unpaired) electrons. The number of amides is 2. The van der Waals surface area contributed by atoms with Gasteiger partial charge in [0.1, 0.15) is 17.1 Å². The normalized spacial score (nSPS) is 15.6. The van der Waals surface area contributed by atoms with Crippen molar-refractivity contribution in [1.29, 1.82) is 0 Å². The fourth-order valence-corrected chi connectivity index (χ4v) is 3.81. The van der Waals surface area contributed by atoms with Crippen LogP contribution >= 0.6 is 47.0 Å². The van der Waals surface area contributed by atoms with Crippen molar-refractivity contribution in [3.8, 4) is 11.3 Å². The highest BCUT2D eigenvalue weighted by molar-refractivity contribution is 7.80. The van der Waals surface area contributed by atoms with Crippen LogP contribution in [0, 0.1) is 0 Å². The Bertz CT molecular complexity index is 1240. The maximum Gasteiger partial charge on any atom is 0.270 e. The van der Waals surface area contributed by atoms with Crippen molar-refractivity contribution in [3.05, 3.63) is 81.0 Å². The monoisotopic (exact) mass is 476 g/mol. The van der Waals surface area contributed by atoms with E-state index in [0.29, 0.717) is 32.1 Å². The molecule has 5 nitrogen and oxygen atoms in total. The lowest BCUT2D eigenvalue weighted by molar-refractivity contribution is -0.122. The Labute approximate surface area is 191 Å². The number of hydrogen-bond donors (Lipinski definition) is 1. The summed E-state index contributed by atoms with van der Waals surface area (Å²) in [4.78, 5) is 26.6. The molecule has 0 bridgehead atoms. The standard InChI is InChI=1S/C21H11Cl3N2O3S/c22-14-5-1-2-7-16(14)26-20(28)13(19(27)25-21(26)30)10-11-8-9-17(29-11)12-4-3-6-15(23)18(12)24/h1-10H,(H,25,27,30)/b13-10-. The first-order chi connectivity index (χ1) is 14.4. The number of furan rings is 1. The van der Waals surface area contributed by atoms with Gasteiger partial charge in [-0.2, -0.15) is 0 Å². The van der Waals surface area contributed by atoms with Crippen molar-refractivity contribution in [3.63, 3.8) is 0 Å². The molecule has 2 aromatic carbocycles. The fraction of sp³-hybridized carbons (Fsp3) is 0. The zero-order valence-corrected chi connectivity index (χ0v) is 18.1. The molecule has 4 rings (SSSR count). The number of carbonyl (C=O) groups excluding carboxylic acids is 2. The number of anilines is 1. The largest absolute Gasteiger partial charge is 0.457 e. The highest BCUT2D eigenvalue weighted by Gasteiger charge is 2.35. The third kappa shape index (κ3) is 3.75. The zero-order chi connectivity index (χ0) is 21.4. The molecule has 150 valence electrons. The molecular weight excluding hydrogens is 467 g/mol.